The summed E-state index contributed by atoms with van der Waals surface area (Å²) in [7, 11) is 0. The van der Waals surface area contributed by atoms with E-state index >= 15 is 0 Å². The molecule has 3 rings (SSSR count). The summed E-state index contributed by atoms with van der Waals surface area (Å²) in [5, 5.41) is 9.60. The zero-order valence-corrected chi connectivity index (χ0v) is 13.4. The highest BCUT2D eigenvalue weighted by atomic mass is 79.9. The Morgan fingerprint density at radius 3 is 2.86 bits per heavy atom. The normalized spacial score (nSPS) is 10.5. The quantitative estimate of drug-likeness (QED) is 0.730. The van der Waals surface area contributed by atoms with Crippen LogP contribution in [0.25, 0.3) is 11.5 Å². The molecule has 0 radical (unpaired) electrons. The SMILES string of the molecule is O=C(Nc1n[nH]c(-c2ccccn2)n1)c1ccc(Br)cc1Cl. The number of rotatable bonds is 3. The standard InChI is InChI=1S/C14H9BrClN5O/c15-8-4-5-9(10(16)7-8)13(22)19-14-18-12(20-21-14)11-3-1-2-6-17-11/h1-7H,(H2,18,19,20,21,22). The average molecular weight is 379 g/mol. The lowest BCUT2D eigenvalue weighted by Gasteiger charge is -2.03. The Labute approximate surface area is 139 Å². The molecular weight excluding hydrogens is 370 g/mol. The number of amides is 1. The molecule has 0 aliphatic heterocycles. The molecule has 0 saturated heterocycles. The van der Waals surface area contributed by atoms with Crippen molar-refractivity contribution in [2.45, 2.75) is 0 Å². The molecule has 0 aliphatic rings. The number of anilines is 1. The van der Waals surface area contributed by atoms with Crippen molar-refractivity contribution in [2.75, 3.05) is 5.32 Å². The highest BCUT2D eigenvalue weighted by molar-refractivity contribution is 9.10. The van der Waals surface area contributed by atoms with Gasteiger partial charge in [0.1, 0.15) is 5.69 Å². The minimum atomic E-state index is -0.385. The fourth-order valence-corrected chi connectivity index (χ4v) is 2.54. The highest BCUT2D eigenvalue weighted by Crippen LogP contribution is 2.22. The molecule has 0 atom stereocenters. The van der Waals surface area contributed by atoms with Crippen LogP contribution in [0.1, 0.15) is 10.4 Å². The van der Waals surface area contributed by atoms with Crippen LogP contribution in [-0.4, -0.2) is 26.1 Å². The van der Waals surface area contributed by atoms with Gasteiger partial charge in [0.2, 0.25) is 5.95 Å². The minimum absolute atomic E-state index is 0.157. The molecule has 1 amide bonds. The van der Waals surface area contributed by atoms with Crippen molar-refractivity contribution in [1.82, 2.24) is 20.2 Å². The molecular formula is C14H9BrClN5O. The van der Waals surface area contributed by atoms with E-state index in [9.17, 15) is 4.79 Å². The maximum atomic E-state index is 12.2. The van der Waals surface area contributed by atoms with Gasteiger partial charge in [-0.1, -0.05) is 33.6 Å². The number of nitrogens with zero attached hydrogens (tertiary/aromatic N) is 3. The first-order chi connectivity index (χ1) is 10.6. The largest absolute Gasteiger partial charge is 0.289 e. The third-order valence-electron chi connectivity index (χ3n) is 2.79. The maximum Gasteiger partial charge on any atom is 0.259 e. The molecule has 22 heavy (non-hydrogen) atoms. The lowest BCUT2D eigenvalue weighted by molar-refractivity contribution is 0.102. The Bertz CT molecular complexity index is 821. The maximum absolute atomic E-state index is 12.2. The van der Waals surface area contributed by atoms with Crippen molar-refractivity contribution in [2.24, 2.45) is 0 Å². The first kappa shape index (κ1) is 14.7. The summed E-state index contributed by atoms with van der Waals surface area (Å²) >= 11 is 9.33. The molecule has 3 aromatic rings. The van der Waals surface area contributed by atoms with Gasteiger partial charge in [-0.25, -0.2) is 0 Å². The second kappa shape index (κ2) is 6.25. The zero-order valence-electron chi connectivity index (χ0n) is 11.0. The van der Waals surface area contributed by atoms with Crippen LogP contribution in [0.2, 0.25) is 5.02 Å². The predicted molar refractivity (Wildman–Crippen MR) is 86.7 cm³/mol. The lowest BCUT2D eigenvalue weighted by atomic mass is 10.2. The number of nitrogens with one attached hydrogen (secondary N) is 2. The van der Waals surface area contributed by atoms with Gasteiger partial charge < -0.3 is 0 Å². The Hall–Kier alpha value is -2.25. The molecule has 110 valence electrons. The number of halogens is 2. The average Bonchev–Trinajstić information content (AvgIpc) is 2.96. The second-order valence-corrected chi connectivity index (χ2v) is 5.62. The number of benzene rings is 1. The Morgan fingerprint density at radius 2 is 2.14 bits per heavy atom. The number of aromatic amines is 1. The monoisotopic (exact) mass is 377 g/mol. The molecule has 0 saturated carbocycles. The second-order valence-electron chi connectivity index (χ2n) is 4.30. The smallest absolute Gasteiger partial charge is 0.259 e. The minimum Gasteiger partial charge on any atom is -0.289 e. The van der Waals surface area contributed by atoms with Crippen LogP contribution in [0.5, 0.6) is 0 Å². The molecule has 8 heteroatoms. The van der Waals surface area contributed by atoms with Gasteiger partial charge in [-0.15, -0.1) is 5.10 Å². The lowest BCUT2D eigenvalue weighted by Crippen LogP contribution is -2.13. The summed E-state index contributed by atoms with van der Waals surface area (Å²) in [5.41, 5.74) is 0.978. The van der Waals surface area contributed by atoms with Crippen LogP contribution in [-0.2, 0) is 0 Å². The van der Waals surface area contributed by atoms with Crippen LogP contribution < -0.4 is 5.32 Å². The van der Waals surface area contributed by atoms with E-state index in [-0.39, 0.29) is 11.9 Å². The topological polar surface area (TPSA) is 83.6 Å². The molecule has 0 aliphatic carbocycles. The van der Waals surface area contributed by atoms with Gasteiger partial charge in [0, 0.05) is 10.7 Å². The summed E-state index contributed by atoms with van der Waals surface area (Å²) in [5.74, 6) is 0.242. The summed E-state index contributed by atoms with van der Waals surface area (Å²) < 4.78 is 0.796. The van der Waals surface area contributed by atoms with E-state index in [1.807, 2.05) is 6.07 Å². The third-order valence-corrected chi connectivity index (χ3v) is 3.60. The number of carbonyl (C=O) groups excluding carboxylic acids is 1. The molecule has 2 aromatic heterocycles. The van der Waals surface area contributed by atoms with Gasteiger partial charge in [-0.3, -0.25) is 20.2 Å². The zero-order chi connectivity index (χ0) is 15.5. The van der Waals surface area contributed by atoms with Crippen LogP contribution in [0.3, 0.4) is 0 Å². The highest BCUT2D eigenvalue weighted by Gasteiger charge is 2.14. The molecule has 1 aromatic carbocycles. The molecule has 0 unspecified atom stereocenters. The van der Waals surface area contributed by atoms with Gasteiger partial charge in [-0.2, -0.15) is 4.98 Å². The van der Waals surface area contributed by atoms with Crippen LogP contribution in [0.4, 0.5) is 5.95 Å². The van der Waals surface area contributed by atoms with Crippen molar-refractivity contribution in [3.05, 3.63) is 57.7 Å². The van der Waals surface area contributed by atoms with Crippen LogP contribution in [0, 0.1) is 0 Å². The third kappa shape index (κ3) is 3.15. The first-order valence-corrected chi connectivity index (χ1v) is 7.41. The van der Waals surface area contributed by atoms with Gasteiger partial charge in [-0.05, 0) is 30.3 Å². The van der Waals surface area contributed by atoms with E-state index in [0.717, 1.165) is 4.47 Å². The van der Waals surface area contributed by atoms with Gasteiger partial charge >= 0.3 is 0 Å². The summed E-state index contributed by atoms with van der Waals surface area (Å²) in [6, 6.07) is 10.4. The van der Waals surface area contributed by atoms with Crippen molar-refractivity contribution in [3.8, 4) is 11.5 Å². The van der Waals surface area contributed by atoms with E-state index in [0.29, 0.717) is 22.1 Å². The van der Waals surface area contributed by atoms with Crippen molar-refractivity contribution >= 4 is 39.4 Å². The number of pyridine rings is 1. The van der Waals surface area contributed by atoms with Crippen molar-refractivity contribution in [3.63, 3.8) is 0 Å². The summed E-state index contributed by atoms with van der Waals surface area (Å²) in [6.07, 6.45) is 1.65. The first-order valence-electron chi connectivity index (χ1n) is 6.24. The molecule has 0 spiro atoms. The number of hydrogen-bond donors (Lipinski definition) is 2. The summed E-state index contributed by atoms with van der Waals surface area (Å²) in [4.78, 5) is 20.5. The molecule has 2 heterocycles. The molecule has 0 fully saturated rings. The van der Waals surface area contributed by atoms with E-state index in [1.54, 1.807) is 36.5 Å². The number of H-pyrrole nitrogens is 1. The van der Waals surface area contributed by atoms with E-state index in [4.69, 9.17) is 11.6 Å². The Kier molecular flexibility index (Phi) is 4.17. The van der Waals surface area contributed by atoms with Crippen LogP contribution >= 0.6 is 27.5 Å². The number of hydrogen-bond acceptors (Lipinski definition) is 4. The van der Waals surface area contributed by atoms with E-state index in [2.05, 4.69) is 41.4 Å². The predicted octanol–water partition coefficient (Wildman–Crippen LogP) is 3.53. The van der Waals surface area contributed by atoms with E-state index < -0.39 is 0 Å². The van der Waals surface area contributed by atoms with Crippen LogP contribution in [0.15, 0.2) is 47.1 Å². The van der Waals surface area contributed by atoms with Gasteiger partial charge in [0.15, 0.2) is 5.82 Å². The molecule has 6 nitrogen and oxygen atoms in total. The Balaban J connectivity index is 1.79. The molecule has 0 bridgehead atoms. The van der Waals surface area contributed by atoms with Gasteiger partial charge in [0.25, 0.3) is 5.91 Å². The van der Waals surface area contributed by atoms with Gasteiger partial charge in [0.05, 0.1) is 10.6 Å². The fraction of sp³-hybridized carbons (Fsp3) is 0. The van der Waals surface area contributed by atoms with E-state index in [1.165, 1.54) is 0 Å². The van der Waals surface area contributed by atoms with Crippen molar-refractivity contribution < 1.29 is 4.79 Å². The summed E-state index contributed by atoms with van der Waals surface area (Å²) in [6.45, 7) is 0. The number of carbonyl (C=O) groups is 1. The molecule has 2 N–H and O–H groups in total. The fourth-order valence-electron chi connectivity index (χ4n) is 1.78. The van der Waals surface area contributed by atoms with Crippen molar-refractivity contribution in [1.29, 1.82) is 0 Å². The number of aromatic nitrogens is 4. The Morgan fingerprint density at radius 1 is 1.27 bits per heavy atom.